The smallest absolute Gasteiger partial charge is 0.368 e. The van der Waals surface area contributed by atoms with Gasteiger partial charge < -0.3 is 13.3 Å². The maximum absolute atomic E-state index is 6.49. The molecular weight excluding hydrogens is 280 g/mol. The van der Waals surface area contributed by atoms with Crippen LogP contribution in [0.15, 0.2) is 0 Å². The molecule has 3 nitrogen and oxygen atoms in total. The second-order valence-corrected chi connectivity index (χ2v) is 11.7. The molecule has 1 atom stereocenters. The summed E-state index contributed by atoms with van der Waals surface area (Å²) in [5.41, 5.74) is -0.583. The van der Waals surface area contributed by atoms with E-state index < -0.39 is 8.80 Å². The molecule has 0 fully saturated rings. The van der Waals surface area contributed by atoms with Crippen LogP contribution in [0, 0.1) is 0 Å². The highest BCUT2D eigenvalue weighted by Gasteiger charge is 2.54. The van der Waals surface area contributed by atoms with Gasteiger partial charge in [-0.05, 0) is 68.7 Å². The summed E-state index contributed by atoms with van der Waals surface area (Å²) in [4.78, 5) is 0. The maximum atomic E-state index is 6.49. The van der Waals surface area contributed by atoms with Crippen LogP contribution in [0.3, 0.4) is 0 Å². The Morgan fingerprint density at radius 3 is 1.19 bits per heavy atom. The van der Waals surface area contributed by atoms with Gasteiger partial charge in [0.05, 0.1) is 16.8 Å². The average molecular weight is 319 g/mol. The van der Waals surface area contributed by atoms with Crippen LogP contribution in [0.4, 0.5) is 0 Å². The molecule has 128 valence electrons. The van der Waals surface area contributed by atoms with E-state index in [0.717, 1.165) is 12.8 Å². The van der Waals surface area contributed by atoms with Gasteiger partial charge in [0.1, 0.15) is 0 Å². The zero-order valence-electron chi connectivity index (χ0n) is 16.2. The van der Waals surface area contributed by atoms with Crippen LogP contribution < -0.4 is 0 Å². The third-order valence-electron chi connectivity index (χ3n) is 2.67. The molecule has 21 heavy (non-hydrogen) atoms. The monoisotopic (exact) mass is 318 g/mol. The fraction of sp³-hybridized carbons (Fsp3) is 1.00. The predicted molar refractivity (Wildman–Crippen MR) is 92.6 cm³/mol. The normalized spacial score (nSPS) is 16.1. The minimum Gasteiger partial charge on any atom is -0.368 e. The largest absolute Gasteiger partial charge is 0.505 e. The van der Waals surface area contributed by atoms with Gasteiger partial charge in [0.2, 0.25) is 0 Å². The number of rotatable bonds is 6. The molecule has 0 aliphatic heterocycles. The van der Waals surface area contributed by atoms with Crippen molar-refractivity contribution in [3.63, 3.8) is 0 Å². The van der Waals surface area contributed by atoms with Crippen LogP contribution in [0.5, 0.6) is 0 Å². The second-order valence-electron chi connectivity index (χ2n) is 8.94. The first-order valence-corrected chi connectivity index (χ1v) is 10.0. The summed E-state index contributed by atoms with van der Waals surface area (Å²) in [7, 11) is -2.83. The van der Waals surface area contributed by atoms with Gasteiger partial charge in [-0.1, -0.05) is 20.3 Å². The molecule has 0 bridgehead atoms. The van der Waals surface area contributed by atoms with Gasteiger partial charge in [-0.2, -0.15) is 0 Å². The third-order valence-corrected chi connectivity index (χ3v) is 6.86. The molecule has 0 N–H and O–H groups in total. The van der Waals surface area contributed by atoms with E-state index in [4.69, 9.17) is 13.3 Å². The second kappa shape index (κ2) is 7.11. The Balaban J connectivity index is 5.69. The van der Waals surface area contributed by atoms with Gasteiger partial charge in [-0.3, -0.25) is 0 Å². The molecule has 0 saturated carbocycles. The molecule has 0 aromatic rings. The Labute approximate surface area is 134 Å². The molecule has 0 amide bonds. The van der Waals surface area contributed by atoms with Crippen molar-refractivity contribution in [2.75, 3.05) is 0 Å². The van der Waals surface area contributed by atoms with Crippen molar-refractivity contribution >= 4 is 8.80 Å². The van der Waals surface area contributed by atoms with Gasteiger partial charge in [-0.15, -0.1) is 0 Å². The summed E-state index contributed by atoms with van der Waals surface area (Å²) in [6.45, 7) is 23.1. The molecule has 0 aliphatic carbocycles. The quantitative estimate of drug-likeness (QED) is 0.600. The molecule has 0 aromatic carbocycles. The van der Waals surface area contributed by atoms with E-state index in [1.807, 2.05) is 0 Å². The fourth-order valence-electron chi connectivity index (χ4n) is 2.25. The summed E-state index contributed by atoms with van der Waals surface area (Å²) in [5, 5.41) is 0. The highest BCUT2D eigenvalue weighted by molar-refractivity contribution is 6.62. The Morgan fingerprint density at radius 2 is 1.00 bits per heavy atom. The number of hydrogen-bond donors (Lipinski definition) is 0. The zero-order chi connectivity index (χ0) is 17.1. The summed E-state index contributed by atoms with van der Waals surface area (Å²) in [5.74, 6) is 0. The van der Waals surface area contributed by atoms with Crippen molar-refractivity contribution in [2.45, 2.75) is 111 Å². The SMILES string of the molecule is CCCC(C)[Si](OC(C)(C)C)(OC(C)(C)C)OC(C)(C)C. The van der Waals surface area contributed by atoms with Gasteiger partial charge in [0, 0.05) is 5.54 Å². The Bertz CT molecular complexity index is 267. The van der Waals surface area contributed by atoms with E-state index >= 15 is 0 Å². The lowest BCUT2D eigenvalue weighted by Crippen LogP contribution is -2.59. The first-order chi connectivity index (χ1) is 9.10. The van der Waals surface area contributed by atoms with E-state index in [1.54, 1.807) is 0 Å². The predicted octanol–water partition coefficient (Wildman–Crippen LogP) is 5.56. The molecule has 0 aliphatic rings. The van der Waals surface area contributed by atoms with E-state index in [1.165, 1.54) is 0 Å². The van der Waals surface area contributed by atoms with Gasteiger partial charge in [0.25, 0.3) is 0 Å². The van der Waals surface area contributed by atoms with Gasteiger partial charge in [-0.25, -0.2) is 0 Å². The van der Waals surface area contributed by atoms with E-state index in [-0.39, 0.29) is 22.3 Å². The third kappa shape index (κ3) is 8.96. The highest BCUT2D eigenvalue weighted by atomic mass is 28.4. The van der Waals surface area contributed by atoms with Crippen molar-refractivity contribution in [3.8, 4) is 0 Å². The number of hydrogen-bond acceptors (Lipinski definition) is 3. The first kappa shape index (κ1) is 21.1. The van der Waals surface area contributed by atoms with Crippen LogP contribution in [-0.4, -0.2) is 25.6 Å². The molecule has 0 spiro atoms. The van der Waals surface area contributed by atoms with Crippen molar-refractivity contribution in [3.05, 3.63) is 0 Å². The molecule has 0 aromatic heterocycles. The summed E-state index contributed by atoms with van der Waals surface area (Å²) < 4.78 is 19.5. The Hall–Kier alpha value is 0.0969. The maximum Gasteiger partial charge on any atom is 0.505 e. The molecule has 0 heterocycles. The lowest BCUT2D eigenvalue weighted by Gasteiger charge is -2.45. The minimum absolute atomic E-state index is 0.278. The molecule has 0 saturated heterocycles. The summed E-state index contributed by atoms with van der Waals surface area (Å²) in [6.07, 6.45) is 2.15. The van der Waals surface area contributed by atoms with Crippen molar-refractivity contribution in [2.24, 2.45) is 0 Å². The van der Waals surface area contributed by atoms with Crippen molar-refractivity contribution in [1.82, 2.24) is 0 Å². The molecule has 0 rings (SSSR count). The lowest BCUT2D eigenvalue weighted by atomic mass is 10.2. The van der Waals surface area contributed by atoms with Crippen LogP contribution in [-0.2, 0) is 13.3 Å². The van der Waals surface area contributed by atoms with Gasteiger partial charge >= 0.3 is 8.80 Å². The van der Waals surface area contributed by atoms with Crippen LogP contribution >= 0.6 is 0 Å². The van der Waals surface area contributed by atoms with Crippen molar-refractivity contribution in [1.29, 1.82) is 0 Å². The van der Waals surface area contributed by atoms with E-state index in [2.05, 4.69) is 76.2 Å². The molecule has 0 radical (unpaired) electrons. The Morgan fingerprint density at radius 1 is 0.714 bits per heavy atom. The summed E-state index contributed by atoms with van der Waals surface area (Å²) >= 11 is 0. The Kier molecular flexibility index (Phi) is 7.15. The van der Waals surface area contributed by atoms with Crippen molar-refractivity contribution < 1.29 is 13.3 Å². The average Bonchev–Trinajstić information content (AvgIpc) is 2.08. The highest BCUT2D eigenvalue weighted by Crippen LogP contribution is 2.38. The van der Waals surface area contributed by atoms with Crippen LogP contribution in [0.2, 0.25) is 5.54 Å². The molecule has 1 unspecified atom stereocenters. The fourth-order valence-corrected chi connectivity index (χ4v) is 6.19. The molecule has 4 heteroatoms. The topological polar surface area (TPSA) is 27.7 Å². The first-order valence-electron chi connectivity index (χ1n) is 8.21. The standard InChI is InChI=1S/C17H38O3Si/c1-12-13-14(2)21(18-15(3,4)5,19-16(6,7)8)20-17(9,10)11/h14H,12-13H2,1-11H3. The van der Waals surface area contributed by atoms with E-state index in [9.17, 15) is 0 Å². The zero-order valence-corrected chi connectivity index (χ0v) is 17.2. The van der Waals surface area contributed by atoms with E-state index in [0.29, 0.717) is 0 Å². The van der Waals surface area contributed by atoms with Crippen LogP contribution in [0.1, 0.15) is 89.0 Å². The van der Waals surface area contributed by atoms with Gasteiger partial charge in [0.15, 0.2) is 0 Å². The lowest BCUT2D eigenvalue weighted by molar-refractivity contribution is -0.0810. The van der Waals surface area contributed by atoms with Crippen LogP contribution in [0.25, 0.3) is 0 Å². The minimum atomic E-state index is -2.83. The summed E-state index contributed by atoms with van der Waals surface area (Å²) in [6, 6.07) is 0. The molecular formula is C17H38O3Si.